The fourth-order valence-electron chi connectivity index (χ4n) is 1.35. The van der Waals surface area contributed by atoms with Gasteiger partial charge in [0.25, 0.3) is 0 Å². The Kier molecular flexibility index (Phi) is 13.6. The van der Waals surface area contributed by atoms with Gasteiger partial charge in [0.15, 0.2) is 0 Å². The van der Waals surface area contributed by atoms with Gasteiger partial charge < -0.3 is 4.74 Å². The van der Waals surface area contributed by atoms with Crippen molar-refractivity contribution in [2.24, 2.45) is 11.8 Å². The predicted octanol–water partition coefficient (Wildman–Crippen LogP) is 4.00. The fourth-order valence-corrected chi connectivity index (χ4v) is 1.35. The van der Waals surface area contributed by atoms with Gasteiger partial charge in [-0.1, -0.05) is 41.0 Å². The highest BCUT2D eigenvalue weighted by Crippen LogP contribution is 2.07. The van der Waals surface area contributed by atoms with E-state index in [4.69, 9.17) is 0 Å². The maximum absolute atomic E-state index is 11.1. The van der Waals surface area contributed by atoms with E-state index in [2.05, 4.69) is 39.4 Å². The van der Waals surface area contributed by atoms with Gasteiger partial charge in [-0.3, -0.25) is 9.59 Å². The molecule has 3 heteroatoms. The average molecular weight is 258 g/mol. The van der Waals surface area contributed by atoms with Crippen LogP contribution in [0.25, 0.3) is 0 Å². The predicted molar refractivity (Wildman–Crippen MR) is 75.5 cm³/mol. The van der Waals surface area contributed by atoms with Gasteiger partial charge >= 0.3 is 5.97 Å². The largest absolute Gasteiger partial charge is 0.466 e. The molecule has 3 nitrogen and oxygen atoms in total. The van der Waals surface area contributed by atoms with Gasteiger partial charge in [0, 0.05) is 19.8 Å². The molecule has 0 spiro atoms. The lowest BCUT2D eigenvalue weighted by Gasteiger charge is -2.05. The van der Waals surface area contributed by atoms with Crippen LogP contribution in [0.2, 0.25) is 0 Å². The van der Waals surface area contributed by atoms with Gasteiger partial charge in [0.2, 0.25) is 0 Å². The normalized spacial score (nSPS) is 10.0. The number of hydrogen-bond donors (Lipinski definition) is 0. The SMILES string of the molecule is CC(C)CC(=O)CC(C)C.CCCCOC(C)=O. The molecule has 18 heavy (non-hydrogen) atoms. The Labute approximate surface area is 112 Å². The molecule has 0 saturated carbocycles. The number of rotatable bonds is 7. The summed E-state index contributed by atoms with van der Waals surface area (Å²) < 4.78 is 4.64. The van der Waals surface area contributed by atoms with Crippen LogP contribution in [0.5, 0.6) is 0 Å². The van der Waals surface area contributed by atoms with E-state index in [1.165, 1.54) is 6.92 Å². The van der Waals surface area contributed by atoms with Crippen molar-refractivity contribution in [1.82, 2.24) is 0 Å². The first kappa shape index (κ1) is 19.5. The minimum absolute atomic E-state index is 0.182. The zero-order valence-corrected chi connectivity index (χ0v) is 12.9. The van der Waals surface area contributed by atoms with Crippen molar-refractivity contribution in [2.45, 2.75) is 67.2 Å². The molecule has 0 atom stereocenters. The number of carbonyl (C=O) groups is 2. The summed E-state index contributed by atoms with van der Waals surface area (Å²) in [7, 11) is 0. The Hall–Kier alpha value is -0.860. The lowest BCUT2D eigenvalue weighted by atomic mass is 10.00. The summed E-state index contributed by atoms with van der Waals surface area (Å²) in [5.74, 6) is 1.26. The molecule has 0 aliphatic heterocycles. The van der Waals surface area contributed by atoms with Crippen molar-refractivity contribution in [1.29, 1.82) is 0 Å². The molecule has 108 valence electrons. The second kappa shape index (κ2) is 12.6. The molecule has 0 amide bonds. The molecule has 0 unspecified atom stereocenters. The quantitative estimate of drug-likeness (QED) is 0.512. The molecular formula is C15H30O3. The summed E-state index contributed by atoms with van der Waals surface area (Å²) in [6.45, 7) is 12.4. The molecule has 0 fully saturated rings. The lowest BCUT2D eigenvalue weighted by Crippen LogP contribution is -2.05. The molecule has 0 N–H and O–H groups in total. The zero-order valence-electron chi connectivity index (χ0n) is 12.9. The van der Waals surface area contributed by atoms with E-state index in [-0.39, 0.29) is 5.97 Å². The number of ketones is 1. The van der Waals surface area contributed by atoms with E-state index in [0.29, 0.717) is 24.2 Å². The van der Waals surface area contributed by atoms with Crippen LogP contribution in [0.4, 0.5) is 0 Å². The van der Waals surface area contributed by atoms with Crippen molar-refractivity contribution >= 4 is 11.8 Å². The summed E-state index contributed by atoms with van der Waals surface area (Å²) in [4.78, 5) is 21.2. The highest BCUT2D eigenvalue weighted by atomic mass is 16.5. The molecule has 0 rings (SSSR count). The number of ether oxygens (including phenoxy) is 1. The third kappa shape index (κ3) is 20.5. The second-order valence-corrected chi connectivity index (χ2v) is 5.43. The van der Waals surface area contributed by atoms with Crippen molar-refractivity contribution in [3.63, 3.8) is 0 Å². The van der Waals surface area contributed by atoms with Crippen LogP contribution in [0, 0.1) is 11.8 Å². The van der Waals surface area contributed by atoms with Crippen LogP contribution in [-0.4, -0.2) is 18.4 Å². The van der Waals surface area contributed by atoms with Crippen LogP contribution in [-0.2, 0) is 14.3 Å². The Balaban J connectivity index is 0. The molecule has 0 heterocycles. The van der Waals surface area contributed by atoms with E-state index in [1.54, 1.807) is 0 Å². The van der Waals surface area contributed by atoms with Gasteiger partial charge in [0.1, 0.15) is 5.78 Å². The van der Waals surface area contributed by atoms with E-state index >= 15 is 0 Å². The van der Waals surface area contributed by atoms with Gasteiger partial charge in [-0.2, -0.15) is 0 Å². The van der Waals surface area contributed by atoms with Crippen molar-refractivity contribution in [3.05, 3.63) is 0 Å². The maximum Gasteiger partial charge on any atom is 0.302 e. The van der Waals surface area contributed by atoms with Crippen LogP contribution in [0.1, 0.15) is 67.2 Å². The Bertz CT molecular complexity index is 208. The molecule has 0 aromatic heterocycles. The number of unbranched alkanes of at least 4 members (excludes halogenated alkanes) is 1. The smallest absolute Gasteiger partial charge is 0.302 e. The number of hydrogen-bond acceptors (Lipinski definition) is 3. The minimum Gasteiger partial charge on any atom is -0.466 e. The van der Waals surface area contributed by atoms with Crippen molar-refractivity contribution in [2.75, 3.05) is 6.61 Å². The van der Waals surface area contributed by atoms with Gasteiger partial charge in [-0.05, 0) is 18.3 Å². The standard InChI is InChI=1S/C9H18O.C6H12O2/c1-7(2)5-9(10)6-8(3)4;1-3-4-5-8-6(2)7/h7-8H,5-6H2,1-4H3;3-5H2,1-2H3. The molecule has 0 radical (unpaired) electrons. The summed E-state index contributed by atoms with van der Waals surface area (Å²) >= 11 is 0. The number of carbonyl (C=O) groups excluding carboxylic acids is 2. The highest BCUT2D eigenvalue weighted by molar-refractivity contribution is 5.78. The third-order valence-corrected chi connectivity index (χ3v) is 2.08. The van der Waals surface area contributed by atoms with Crippen LogP contribution < -0.4 is 0 Å². The summed E-state index contributed by atoms with van der Waals surface area (Å²) in [6, 6.07) is 0. The lowest BCUT2D eigenvalue weighted by molar-refractivity contribution is -0.141. The highest BCUT2D eigenvalue weighted by Gasteiger charge is 2.06. The van der Waals surface area contributed by atoms with Crippen LogP contribution >= 0.6 is 0 Å². The molecule has 0 bridgehead atoms. The molecule has 0 saturated heterocycles. The molecule has 0 aromatic carbocycles. The first-order valence-corrected chi connectivity index (χ1v) is 6.94. The summed E-state index contributed by atoms with van der Waals surface area (Å²) in [5.41, 5.74) is 0. The molecule has 0 aromatic rings. The van der Waals surface area contributed by atoms with E-state index in [0.717, 1.165) is 25.7 Å². The van der Waals surface area contributed by atoms with Crippen molar-refractivity contribution in [3.8, 4) is 0 Å². The topological polar surface area (TPSA) is 43.4 Å². The zero-order chi connectivity index (χ0) is 14.6. The monoisotopic (exact) mass is 258 g/mol. The third-order valence-electron chi connectivity index (χ3n) is 2.08. The molecule has 0 aliphatic carbocycles. The van der Waals surface area contributed by atoms with Gasteiger partial charge in [-0.25, -0.2) is 0 Å². The Morgan fingerprint density at radius 1 is 1.00 bits per heavy atom. The first-order valence-electron chi connectivity index (χ1n) is 6.94. The molecular weight excluding hydrogens is 228 g/mol. The van der Waals surface area contributed by atoms with Crippen LogP contribution in [0.3, 0.4) is 0 Å². The Morgan fingerprint density at radius 3 is 1.72 bits per heavy atom. The summed E-state index contributed by atoms with van der Waals surface area (Å²) in [6.07, 6.45) is 3.54. The number of esters is 1. The second-order valence-electron chi connectivity index (χ2n) is 5.43. The van der Waals surface area contributed by atoms with Gasteiger partial charge in [-0.15, -0.1) is 0 Å². The van der Waals surface area contributed by atoms with Crippen molar-refractivity contribution < 1.29 is 14.3 Å². The molecule has 0 aliphatic rings. The fraction of sp³-hybridized carbons (Fsp3) is 0.867. The van der Waals surface area contributed by atoms with E-state index in [9.17, 15) is 9.59 Å². The number of Topliss-reactive ketones (excluding diaryl/α,β-unsaturated/α-hetero) is 1. The van der Waals surface area contributed by atoms with Gasteiger partial charge in [0.05, 0.1) is 6.61 Å². The summed E-state index contributed by atoms with van der Waals surface area (Å²) in [5, 5.41) is 0. The maximum atomic E-state index is 11.1. The average Bonchev–Trinajstić information content (AvgIpc) is 2.15. The first-order chi connectivity index (χ1) is 8.29. The van der Waals surface area contributed by atoms with E-state index in [1.807, 2.05) is 0 Å². The Morgan fingerprint density at radius 2 is 1.44 bits per heavy atom. The van der Waals surface area contributed by atoms with E-state index < -0.39 is 0 Å². The minimum atomic E-state index is -0.182. The van der Waals surface area contributed by atoms with Crippen LogP contribution in [0.15, 0.2) is 0 Å².